The zero-order chi connectivity index (χ0) is 8.81. The fraction of sp³-hybridized carbons (Fsp3) is 0.222. The molecule has 12 heavy (non-hydrogen) atoms. The quantitative estimate of drug-likeness (QED) is 0.301. The Morgan fingerprint density at radius 1 is 1.83 bits per heavy atom. The maximum absolute atomic E-state index is 4.97. The summed E-state index contributed by atoms with van der Waals surface area (Å²) >= 11 is 1.68. The van der Waals surface area contributed by atoms with Gasteiger partial charge in [0.1, 0.15) is 0 Å². The van der Waals surface area contributed by atoms with E-state index in [4.69, 9.17) is 11.3 Å². The number of aryl methyl sites for hydroxylation is 1. The molecule has 0 saturated carbocycles. The third-order valence-electron chi connectivity index (χ3n) is 1.31. The molecule has 1 rings (SSSR count). The lowest BCUT2D eigenvalue weighted by atomic mass is 10.3. The number of hydrogen-bond acceptors (Lipinski definition) is 3. The van der Waals surface area contributed by atoms with E-state index in [-0.39, 0.29) is 6.61 Å². The van der Waals surface area contributed by atoms with Gasteiger partial charge in [-0.05, 0) is 18.4 Å². The van der Waals surface area contributed by atoms with Gasteiger partial charge in [0.05, 0.1) is 6.21 Å². The number of nitrogens with zero attached hydrogens (tertiary/aromatic N) is 1. The fourth-order valence-corrected chi connectivity index (χ4v) is 1.37. The molecule has 62 valence electrons. The normalized spacial score (nSPS) is 10.0. The highest BCUT2D eigenvalue weighted by Gasteiger charge is 1.93. The summed E-state index contributed by atoms with van der Waals surface area (Å²) in [5, 5.41) is 5.72. The maximum Gasteiger partial charge on any atom is 0.177 e. The molecule has 0 radical (unpaired) electrons. The first-order valence-corrected chi connectivity index (χ1v) is 4.35. The van der Waals surface area contributed by atoms with Crippen LogP contribution in [-0.2, 0) is 4.84 Å². The lowest BCUT2D eigenvalue weighted by Crippen LogP contribution is -1.84. The topological polar surface area (TPSA) is 21.6 Å². The Balaban J connectivity index is 2.47. The van der Waals surface area contributed by atoms with Crippen LogP contribution >= 0.6 is 11.3 Å². The molecule has 1 heterocycles. The summed E-state index contributed by atoms with van der Waals surface area (Å²) in [5.41, 5.74) is 1.08. The zero-order valence-corrected chi connectivity index (χ0v) is 7.60. The SMILES string of the molecule is C#CCO/N=C/c1ccsc1C. The van der Waals surface area contributed by atoms with Crippen LogP contribution in [0.25, 0.3) is 0 Å². The van der Waals surface area contributed by atoms with Crippen molar-refractivity contribution in [3.8, 4) is 12.3 Å². The van der Waals surface area contributed by atoms with Crippen LogP contribution in [0.3, 0.4) is 0 Å². The molecule has 3 heteroatoms. The minimum atomic E-state index is 0.222. The molecule has 0 bridgehead atoms. The van der Waals surface area contributed by atoms with Crippen LogP contribution in [0.5, 0.6) is 0 Å². The molecule has 0 N–H and O–H groups in total. The van der Waals surface area contributed by atoms with E-state index in [0.717, 1.165) is 5.56 Å². The second kappa shape index (κ2) is 4.58. The summed E-state index contributed by atoms with van der Waals surface area (Å²) in [5.74, 6) is 2.33. The molecule has 1 aromatic rings. The summed E-state index contributed by atoms with van der Waals surface area (Å²) in [4.78, 5) is 5.97. The fourth-order valence-electron chi connectivity index (χ4n) is 0.697. The molecule has 0 aromatic carbocycles. The van der Waals surface area contributed by atoms with Crippen LogP contribution in [0.2, 0.25) is 0 Å². The van der Waals surface area contributed by atoms with Crippen LogP contribution in [0.4, 0.5) is 0 Å². The first-order valence-electron chi connectivity index (χ1n) is 3.47. The van der Waals surface area contributed by atoms with Gasteiger partial charge in [0, 0.05) is 10.4 Å². The number of terminal acetylenes is 1. The van der Waals surface area contributed by atoms with E-state index in [1.54, 1.807) is 17.6 Å². The van der Waals surface area contributed by atoms with Crippen molar-refractivity contribution in [2.45, 2.75) is 6.92 Å². The van der Waals surface area contributed by atoms with Gasteiger partial charge < -0.3 is 4.84 Å². The van der Waals surface area contributed by atoms with E-state index < -0.39 is 0 Å². The van der Waals surface area contributed by atoms with Crippen molar-refractivity contribution in [3.63, 3.8) is 0 Å². The van der Waals surface area contributed by atoms with Gasteiger partial charge in [0.2, 0.25) is 0 Å². The lowest BCUT2D eigenvalue weighted by Gasteiger charge is -1.90. The highest BCUT2D eigenvalue weighted by atomic mass is 32.1. The average molecular weight is 179 g/mol. The van der Waals surface area contributed by atoms with Gasteiger partial charge in [-0.3, -0.25) is 0 Å². The van der Waals surface area contributed by atoms with Crippen LogP contribution < -0.4 is 0 Å². The monoisotopic (exact) mass is 179 g/mol. The van der Waals surface area contributed by atoms with Crippen molar-refractivity contribution in [2.24, 2.45) is 5.16 Å². The first kappa shape index (κ1) is 8.82. The molecule has 0 atom stereocenters. The molecule has 1 aromatic heterocycles. The number of rotatable bonds is 3. The predicted octanol–water partition coefficient (Wildman–Crippen LogP) is 2.04. The molecule has 0 fully saturated rings. The summed E-state index contributed by atoms with van der Waals surface area (Å²) < 4.78 is 0. The van der Waals surface area contributed by atoms with Crippen molar-refractivity contribution in [3.05, 3.63) is 21.9 Å². The number of thiophene rings is 1. The smallest absolute Gasteiger partial charge is 0.177 e. The molecule has 0 amide bonds. The molecule has 0 spiro atoms. The van der Waals surface area contributed by atoms with Crippen molar-refractivity contribution in [1.29, 1.82) is 0 Å². The van der Waals surface area contributed by atoms with Crippen molar-refractivity contribution in [2.75, 3.05) is 6.61 Å². The van der Waals surface area contributed by atoms with Gasteiger partial charge >= 0.3 is 0 Å². The highest BCUT2D eigenvalue weighted by molar-refractivity contribution is 7.10. The summed E-state index contributed by atoms with van der Waals surface area (Å²) in [6.45, 7) is 2.26. The molecule has 2 nitrogen and oxygen atoms in total. The van der Waals surface area contributed by atoms with E-state index in [1.807, 2.05) is 18.4 Å². The molecule has 0 aliphatic heterocycles. The summed E-state index contributed by atoms with van der Waals surface area (Å²) in [7, 11) is 0. The van der Waals surface area contributed by atoms with Crippen molar-refractivity contribution >= 4 is 17.6 Å². The highest BCUT2D eigenvalue weighted by Crippen LogP contribution is 2.12. The van der Waals surface area contributed by atoms with Gasteiger partial charge in [-0.2, -0.15) is 0 Å². The third kappa shape index (κ3) is 2.40. The van der Waals surface area contributed by atoms with Crippen LogP contribution in [0, 0.1) is 19.3 Å². The summed E-state index contributed by atoms with van der Waals surface area (Å²) in [6.07, 6.45) is 6.64. The minimum absolute atomic E-state index is 0.222. The van der Waals surface area contributed by atoms with Gasteiger partial charge in [0.25, 0.3) is 0 Å². The molecular formula is C9H9NOS. The Hall–Kier alpha value is -1.27. The molecular weight excluding hydrogens is 170 g/mol. The zero-order valence-electron chi connectivity index (χ0n) is 6.78. The Labute approximate surface area is 75.9 Å². The Bertz CT molecular complexity index is 309. The molecule has 0 aliphatic carbocycles. The van der Waals surface area contributed by atoms with E-state index >= 15 is 0 Å². The molecule has 0 unspecified atom stereocenters. The van der Waals surface area contributed by atoms with Crippen LogP contribution in [0.15, 0.2) is 16.6 Å². The lowest BCUT2D eigenvalue weighted by molar-refractivity contribution is 0.181. The Morgan fingerprint density at radius 3 is 3.25 bits per heavy atom. The third-order valence-corrected chi connectivity index (χ3v) is 2.17. The van der Waals surface area contributed by atoms with Crippen LogP contribution in [-0.4, -0.2) is 12.8 Å². The number of oxime groups is 1. The minimum Gasteiger partial charge on any atom is -0.383 e. The maximum atomic E-state index is 4.97. The van der Waals surface area contributed by atoms with E-state index in [1.165, 1.54) is 4.88 Å². The van der Waals surface area contributed by atoms with Gasteiger partial charge in [0.15, 0.2) is 6.61 Å². The van der Waals surface area contributed by atoms with E-state index in [2.05, 4.69) is 11.1 Å². The van der Waals surface area contributed by atoms with Crippen LogP contribution in [0.1, 0.15) is 10.4 Å². The van der Waals surface area contributed by atoms with Crippen molar-refractivity contribution in [1.82, 2.24) is 0 Å². The Morgan fingerprint density at radius 2 is 2.67 bits per heavy atom. The van der Waals surface area contributed by atoms with Crippen molar-refractivity contribution < 1.29 is 4.84 Å². The summed E-state index contributed by atoms with van der Waals surface area (Å²) in [6, 6.07) is 1.99. The van der Waals surface area contributed by atoms with E-state index in [9.17, 15) is 0 Å². The molecule has 0 saturated heterocycles. The number of hydrogen-bond donors (Lipinski definition) is 0. The van der Waals surface area contributed by atoms with Gasteiger partial charge in [-0.1, -0.05) is 11.1 Å². The second-order valence-corrected chi connectivity index (χ2v) is 3.26. The largest absolute Gasteiger partial charge is 0.383 e. The Kier molecular flexibility index (Phi) is 3.36. The van der Waals surface area contributed by atoms with Gasteiger partial charge in [-0.15, -0.1) is 17.8 Å². The predicted molar refractivity (Wildman–Crippen MR) is 51.4 cm³/mol. The average Bonchev–Trinajstić information content (AvgIpc) is 2.46. The standard InChI is InChI=1S/C9H9NOS/c1-3-5-11-10-7-9-4-6-12-8(9)2/h1,4,6-7H,5H2,2H3/b10-7+. The first-order chi connectivity index (χ1) is 5.84. The van der Waals surface area contributed by atoms with E-state index in [0.29, 0.717) is 0 Å². The second-order valence-electron chi connectivity index (χ2n) is 2.14. The molecule has 0 aliphatic rings. The van der Waals surface area contributed by atoms with Gasteiger partial charge in [-0.25, -0.2) is 0 Å².